The van der Waals surface area contributed by atoms with Crippen molar-refractivity contribution in [3.63, 3.8) is 0 Å². The highest BCUT2D eigenvalue weighted by Crippen LogP contribution is 2.08. The zero-order valence-electron chi connectivity index (χ0n) is 10.1. The second-order valence-corrected chi connectivity index (χ2v) is 4.18. The standard InChI is InChI=1S/C14H17N3/c1-12(2)10-15-11-13-4-6-14(7-5-13)17-9-3-8-16-17/h3-9,15H,1,10-11H2,2H3. The van der Waals surface area contributed by atoms with Gasteiger partial charge in [0, 0.05) is 25.5 Å². The Morgan fingerprint density at radius 3 is 2.71 bits per heavy atom. The van der Waals surface area contributed by atoms with E-state index in [1.54, 1.807) is 6.20 Å². The minimum absolute atomic E-state index is 0.862. The Balaban J connectivity index is 1.96. The van der Waals surface area contributed by atoms with Crippen LogP contribution in [0, 0.1) is 0 Å². The molecule has 0 spiro atoms. The maximum atomic E-state index is 4.19. The first-order valence-corrected chi connectivity index (χ1v) is 5.70. The molecule has 3 heteroatoms. The number of hydrogen-bond donors (Lipinski definition) is 1. The van der Waals surface area contributed by atoms with Crippen molar-refractivity contribution in [3.8, 4) is 5.69 Å². The summed E-state index contributed by atoms with van der Waals surface area (Å²) in [5.41, 5.74) is 3.50. The zero-order chi connectivity index (χ0) is 12.1. The molecular weight excluding hydrogens is 210 g/mol. The van der Waals surface area contributed by atoms with Crippen LogP contribution >= 0.6 is 0 Å². The van der Waals surface area contributed by atoms with Gasteiger partial charge in [0.25, 0.3) is 0 Å². The molecule has 2 aromatic rings. The van der Waals surface area contributed by atoms with Crippen molar-refractivity contribution in [2.75, 3.05) is 6.54 Å². The monoisotopic (exact) mass is 227 g/mol. The third-order valence-electron chi connectivity index (χ3n) is 2.46. The molecule has 1 aromatic carbocycles. The van der Waals surface area contributed by atoms with Crippen molar-refractivity contribution in [1.29, 1.82) is 0 Å². The molecular formula is C14H17N3. The molecule has 1 heterocycles. The van der Waals surface area contributed by atoms with Crippen molar-refractivity contribution >= 4 is 0 Å². The van der Waals surface area contributed by atoms with Crippen LogP contribution < -0.4 is 5.32 Å². The Hall–Kier alpha value is -1.87. The van der Waals surface area contributed by atoms with E-state index in [2.05, 4.69) is 41.3 Å². The van der Waals surface area contributed by atoms with Gasteiger partial charge in [0.1, 0.15) is 0 Å². The van der Waals surface area contributed by atoms with E-state index in [-0.39, 0.29) is 0 Å². The molecule has 1 N–H and O–H groups in total. The maximum Gasteiger partial charge on any atom is 0.0645 e. The lowest BCUT2D eigenvalue weighted by Crippen LogP contribution is -2.15. The fourth-order valence-electron chi connectivity index (χ4n) is 1.61. The first-order valence-electron chi connectivity index (χ1n) is 5.70. The number of nitrogens with one attached hydrogen (secondary N) is 1. The van der Waals surface area contributed by atoms with Crippen molar-refractivity contribution in [2.45, 2.75) is 13.5 Å². The van der Waals surface area contributed by atoms with E-state index in [9.17, 15) is 0 Å². The van der Waals surface area contributed by atoms with Gasteiger partial charge >= 0.3 is 0 Å². The van der Waals surface area contributed by atoms with Gasteiger partial charge < -0.3 is 5.32 Å². The second kappa shape index (κ2) is 5.46. The summed E-state index contributed by atoms with van der Waals surface area (Å²) in [4.78, 5) is 0. The molecule has 1 aromatic heterocycles. The fraction of sp³-hybridized carbons (Fsp3) is 0.214. The van der Waals surface area contributed by atoms with Crippen LogP contribution in [0.5, 0.6) is 0 Å². The van der Waals surface area contributed by atoms with Gasteiger partial charge in [-0.2, -0.15) is 5.10 Å². The number of nitrogens with zero attached hydrogens (tertiary/aromatic N) is 2. The molecule has 0 aliphatic rings. The Morgan fingerprint density at radius 1 is 1.35 bits per heavy atom. The minimum atomic E-state index is 0.862. The third kappa shape index (κ3) is 3.29. The van der Waals surface area contributed by atoms with E-state index in [0.29, 0.717) is 0 Å². The Labute approximate surface area is 102 Å². The van der Waals surface area contributed by atoms with Gasteiger partial charge in [-0.1, -0.05) is 24.3 Å². The van der Waals surface area contributed by atoms with E-state index in [4.69, 9.17) is 0 Å². The lowest BCUT2D eigenvalue weighted by atomic mass is 10.2. The molecule has 0 bridgehead atoms. The van der Waals surface area contributed by atoms with Crippen molar-refractivity contribution < 1.29 is 0 Å². The van der Waals surface area contributed by atoms with Crippen LogP contribution in [0.15, 0.2) is 54.9 Å². The Morgan fingerprint density at radius 2 is 2.12 bits per heavy atom. The molecule has 0 aliphatic heterocycles. The van der Waals surface area contributed by atoms with Crippen molar-refractivity contribution in [1.82, 2.24) is 15.1 Å². The van der Waals surface area contributed by atoms with Gasteiger partial charge in [0.2, 0.25) is 0 Å². The lowest BCUT2D eigenvalue weighted by Gasteiger charge is -2.06. The van der Waals surface area contributed by atoms with E-state index >= 15 is 0 Å². The van der Waals surface area contributed by atoms with E-state index in [0.717, 1.165) is 24.4 Å². The quantitative estimate of drug-likeness (QED) is 0.795. The summed E-state index contributed by atoms with van der Waals surface area (Å²) in [7, 11) is 0. The number of benzene rings is 1. The molecule has 88 valence electrons. The molecule has 0 fully saturated rings. The van der Waals surface area contributed by atoms with Gasteiger partial charge in [-0.3, -0.25) is 0 Å². The normalized spacial score (nSPS) is 10.4. The van der Waals surface area contributed by atoms with Crippen molar-refractivity contribution in [3.05, 3.63) is 60.4 Å². The summed E-state index contributed by atoms with van der Waals surface area (Å²) in [6, 6.07) is 10.3. The largest absolute Gasteiger partial charge is 0.309 e. The Bertz CT molecular complexity index is 469. The molecule has 0 saturated carbocycles. The fourth-order valence-corrected chi connectivity index (χ4v) is 1.61. The van der Waals surface area contributed by atoms with E-state index in [1.807, 2.05) is 23.9 Å². The van der Waals surface area contributed by atoms with Gasteiger partial charge in [-0.05, 0) is 30.7 Å². The summed E-state index contributed by atoms with van der Waals surface area (Å²) in [5.74, 6) is 0. The lowest BCUT2D eigenvalue weighted by molar-refractivity contribution is 0.740. The summed E-state index contributed by atoms with van der Waals surface area (Å²) in [6.07, 6.45) is 3.72. The smallest absolute Gasteiger partial charge is 0.0645 e. The maximum absolute atomic E-state index is 4.19. The summed E-state index contributed by atoms with van der Waals surface area (Å²) in [5, 5.41) is 7.52. The van der Waals surface area contributed by atoms with Gasteiger partial charge in [-0.15, -0.1) is 0 Å². The molecule has 2 rings (SSSR count). The number of rotatable bonds is 5. The van der Waals surface area contributed by atoms with Gasteiger partial charge in [0.15, 0.2) is 0 Å². The molecule has 0 atom stereocenters. The Kier molecular flexibility index (Phi) is 3.73. The zero-order valence-corrected chi connectivity index (χ0v) is 10.1. The molecule has 0 amide bonds. The van der Waals surface area contributed by atoms with Crippen LogP contribution in [0.2, 0.25) is 0 Å². The molecule has 0 aliphatic carbocycles. The van der Waals surface area contributed by atoms with Crippen LogP contribution in [0.3, 0.4) is 0 Å². The van der Waals surface area contributed by atoms with E-state index < -0.39 is 0 Å². The van der Waals surface area contributed by atoms with Gasteiger partial charge in [0.05, 0.1) is 5.69 Å². The summed E-state index contributed by atoms with van der Waals surface area (Å²) < 4.78 is 1.85. The van der Waals surface area contributed by atoms with Crippen LogP contribution in [0.25, 0.3) is 5.69 Å². The van der Waals surface area contributed by atoms with Crippen LogP contribution in [-0.2, 0) is 6.54 Å². The first-order chi connectivity index (χ1) is 8.25. The summed E-state index contributed by atoms with van der Waals surface area (Å²) >= 11 is 0. The third-order valence-corrected chi connectivity index (χ3v) is 2.46. The molecule has 17 heavy (non-hydrogen) atoms. The first kappa shape index (κ1) is 11.6. The minimum Gasteiger partial charge on any atom is -0.309 e. The highest BCUT2D eigenvalue weighted by atomic mass is 15.3. The topological polar surface area (TPSA) is 29.9 Å². The number of hydrogen-bond acceptors (Lipinski definition) is 2. The van der Waals surface area contributed by atoms with Crippen LogP contribution in [-0.4, -0.2) is 16.3 Å². The molecule has 0 unspecified atom stereocenters. The average molecular weight is 227 g/mol. The predicted octanol–water partition coefficient (Wildman–Crippen LogP) is 2.54. The van der Waals surface area contributed by atoms with Gasteiger partial charge in [-0.25, -0.2) is 4.68 Å². The van der Waals surface area contributed by atoms with E-state index in [1.165, 1.54) is 5.56 Å². The average Bonchev–Trinajstić information content (AvgIpc) is 2.83. The molecule has 3 nitrogen and oxygen atoms in total. The molecule has 0 saturated heterocycles. The number of aromatic nitrogens is 2. The predicted molar refractivity (Wildman–Crippen MR) is 70.1 cm³/mol. The van der Waals surface area contributed by atoms with Crippen molar-refractivity contribution in [2.24, 2.45) is 0 Å². The van der Waals surface area contributed by atoms with Crippen LogP contribution in [0.1, 0.15) is 12.5 Å². The van der Waals surface area contributed by atoms with Crippen LogP contribution in [0.4, 0.5) is 0 Å². The highest BCUT2D eigenvalue weighted by molar-refractivity contribution is 5.33. The highest BCUT2D eigenvalue weighted by Gasteiger charge is 1.96. The SMILES string of the molecule is C=C(C)CNCc1ccc(-n2cccn2)cc1. The summed E-state index contributed by atoms with van der Waals surface area (Å²) in [6.45, 7) is 7.61. The second-order valence-electron chi connectivity index (χ2n) is 4.18. The molecule has 0 radical (unpaired) electrons.